The molecule has 5 heteroatoms. The summed E-state index contributed by atoms with van der Waals surface area (Å²) in [6, 6.07) is 2.76. The molecule has 0 bridgehead atoms. The Bertz CT molecular complexity index is 438. The van der Waals surface area contributed by atoms with Crippen molar-refractivity contribution in [3.8, 4) is 0 Å². The molecule has 0 unspecified atom stereocenters. The highest BCUT2D eigenvalue weighted by Gasteiger charge is 2.10. The second-order valence-corrected chi connectivity index (χ2v) is 3.05. The molecule has 0 spiro atoms. The van der Waals surface area contributed by atoms with Gasteiger partial charge < -0.3 is 0 Å². The molecule has 0 radical (unpaired) electrons. The number of fused-ring (bicyclic) bond motifs is 1. The molecule has 0 aliphatic heterocycles. The van der Waals surface area contributed by atoms with Gasteiger partial charge >= 0.3 is 0 Å². The number of aromatic amines is 1. The summed E-state index contributed by atoms with van der Waals surface area (Å²) in [5, 5.41) is 7.01. The third-order valence-corrected chi connectivity index (χ3v) is 2.21. The van der Waals surface area contributed by atoms with Gasteiger partial charge in [-0.15, -0.1) is 0 Å². The summed E-state index contributed by atoms with van der Waals surface area (Å²) in [5.41, 5.74) is 0.561. The molecule has 0 amide bonds. The van der Waals surface area contributed by atoms with Gasteiger partial charge in [-0.1, -0.05) is 23.2 Å². The van der Waals surface area contributed by atoms with Crippen LogP contribution in [-0.4, -0.2) is 10.2 Å². The van der Waals surface area contributed by atoms with Gasteiger partial charge in [-0.05, 0) is 12.1 Å². The monoisotopic (exact) mass is 204 g/mol. The first-order chi connectivity index (χ1) is 5.70. The number of hydrogen-bond acceptors (Lipinski definition) is 1. The number of rotatable bonds is 0. The zero-order chi connectivity index (χ0) is 8.72. The van der Waals surface area contributed by atoms with Crippen LogP contribution in [0.3, 0.4) is 0 Å². The van der Waals surface area contributed by atoms with Crippen molar-refractivity contribution >= 4 is 34.1 Å². The summed E-state index contributed by atoms with van der Waals surface area (Å²) in [6.07, 6.45) is 0. The summed E-state index contributed by atoms with van der Waals surface area (Å²) < 4.78 is 12.9. The first-order valence-corrected chi connectivity index (χ1v) is 3.93. The Kier molecular flexibility index (Phi) is 1.70. The number of aromatic nitrogens is 2. The van der Waals surface area contributed by atoms with Gasteiger partial charge in [0.1, 0.15) is 11.0 Å². The van der Waals surface area contributed by atoms with E-state index in [-0.39, 0.29) is 10.2 Å². The van der Waals surface area contributed by atoms with Gasteiger partial charge in [0.2, 0.25) is 0 Å². The van der Waals surface area contributed by atoms with E-state index in [2.05, 4.69) is 10.2 Å². The molecule has 0 aliphatic rings. The van der Waals surface area contributed by atoms with Gasteiger partial charge in [0.15, 0.2) is 0 Å². The molecule has 2 rings (SSSR count). The molecule has 12 heavy (non-hydrogen) atoms. The molecule has 2 aromatic rings. The van der Waals surface area contributed by atoms with Gasteiger partial charge in [-0.25, -0.2) is 4.39 Å². The maximum absolute atomic E-state index is 12.9. The van der Waals surface area contributed by atoms with Crippen LogP contribution in [0.25, 0.3) is 10.9 Å². The van der Waals surface area contributed by atoms with Crippen molar-refractivity contribution in [2.75, 3.05) is 0 Å². The fourth-order valence-corrected chi connectivity index (χ4v) is 1.54. The number of H-pyrrole nitrogens is 1. The first kappa shape index (κ1) is 7.83. The average molecular weight is 205 g/mol. The quantitative estimate of drug-likeness (QED) is 0.703. The number of halogens is 3. The highest BCUT2D eigenvalue weighted by Crippen LogP contribution is 2.29. The Morgan fingerprint density at radius 1 is 1.33 bits per heavy atom. The molecule has 1 aromatic carbocycles. The van der Waals surface area contributed by atoms with E-state index in [1.807, 2.05) is 0 Å². The van der Waals surface area contributed by atoms with Crippen LogP contribution in [0, 0.1) is 5.82 Å². The highest BCUT2D eigenvalue weighted by molar-refractivity contribution is 6.41. The van der Waals surface area contributed by atoms with Gasteiger partial charge in [-0.2, -0.15) is 5.10 Å². The van der Waals surface area contributed by atoms with Crippen LogP contribution >= 0.6 is 23.2 Å². The van der Waals surface area contributed by atoms with Crippen molar-refractivity contribution in [2.45, 2.75) is 0 Å². The summed E-state index contributed by atoms with van der Waals surface area (Å²) in [5.74, 6) is -0.493. The first-order valence-electron chi connectivity index (χ1n) is 3.17. The van der Waals surface area contributed by atoms with E-state index < -0.39 is 5.82 Å². The van der Waals surface area contributed by atoms with E-state index in [4.69, 9.17) is 23.2 Å². The van der Waals surface area contributed by atoms with Crippen molar-refractivity contribution < 1.29 is 4.39 Å². The SMILES string of the molecule is Fc1ccc2n[nH]c(Cl)c2c1Cl. The molecule has 0 aliphatic carbocycles. The van der Waals surface area contributed by atoms with Crippen LogP contribution in [-0.2, 0) is 0 Å². The van der Waals surface area contributed by atoms with Crippen molar-refractivity contribution in [1.82, 2.24) is 10.2 Å². The third-order valence-electron chi connectivity index (χ3n) is 1.57. The Hall–Kier alpha value is -0.800. The molecule has 62 valence electrons. The van der Waals surface area contributed by atoms with Crippen LogP contribution < -0.4 is 0 Å². The number of benzene rings is 1. The van der Waals surface area contributed by atoms with Gasteiger partial charge in [0.05, 0.1) is 15.9 Å². The Morgan fingerprint density at radius 3 is 2.83 bits per heavy atom. The Labute approximate surface area is 77.3 Å². The highest BCUT2D eigenvalue weighted by atomic mass is 35.5. The molecule has 1 heterocycles. The third kappa shape index (κ3) is 0.974. The number of nitrogens with zero attached hydrogens (tertiary/aromatic N) is 1. The van der Waals surface area contributed by atoms with Crippen molar-refractivity contribution in [1.29, 1.82) is 0 Å². The van der Waals surface area contributed by atoms with Crippen molar-refractivity contribution in [2.24, 2.45) is 0 Å². The standard InChI is InChI=1S/C7H3Cl2FN2/c8-6-3(10)1-2-4-5(6)7(9)12-11-4/h1-2H,(H,11,12). The molecular weight excluding hydrogens is 202 g/mol. The minimum Gasteiger partial charge on any atom is -0.266 e. The minimum absolute atomic E-state index is 0.00579. The summed E-state index contributed by atoms with van der Waals surface area (Å²) >= 11 is 11.3. The van der Waals surface area contributed by atoms with Crippen molar-refractivity contribution in [3.05, 3.63) is 28.1 Å². The van der Waals surface area contributed by atoms with Gasteiger partial charge in [-0.3, -0.25) is 5.10 Å². The summed E-state index contributed by atoms with van der Waals surface area (Å²) in [4.78, 5) is 0. The lowest BCUT2D eigenvalue weighted by atomic mass is 10.2. The zero-order valence-corrected chi connectivity index (χ0v) is 7.25. The largest absolute Gasteiger partial charge is 0.266 e. The van der Waals surface area contributed by atoms with Gasteiger partial charge in [0, 0.05) is 0 Å². The number of hydrogen-bond donors (Lipinski definition) is 1. The second-order valence-electron chi connectivity index (χ2n) is 2.29. The Morgan fingerprint density at radius 2 is 2.08 bits per heavy atom. The van der Waals surface area contributed by atoms with Crippen LogP contribution in [0.15, 0.2) is 12.1 Å². The van der Waals surface area contributed by atoms with Crippen LogP contribution in [0.4, 0.5) is 4.39 Å². The Balaban J connectivity index is 2.96. The molecule has 2 nitrogen and oxygen atoms in total. The molecule has 1 aromatic heterocycles. The molecular formula is C7H3Cl2FN2. The van der Waals surface area contributed by atoms with Crippen LogP contribution in [0.1, 0.15) is 0 Å². The van der Waals surface area contributed by atoms with E-state index >= 15 is 0 Å². The van der Waals surface area contributed by atoms with E-state index in [9.17, 15) is 4.39 Å². The molecule has 0 saturated heterocycles. The molecule has 0 saturated carbocycles. The minimum atomic E-state index is -0.493. The lowest BCUT2D eigenvalue weighted by Crippen LogP contribution is -1.76. The number of nitrogens with one attached hydrogen (secondary N) is 1. The van der Waals surface area contributed by atoms with E-state index in [1.165, 1.54) is 12.1 Å². The predicted molar refractivity (Wildman–Crippen MR) is 46.1 cm³/mol. The second kappa shape index (κ2) is 2.61. The maximum atomic E-state index is 12.9. The topological polar surface area (TPSA) is 28.7 Å². The predicted octanol–water partition coefficient (Wildman–Crippen LogP) is 3.01. The smallest absolute Gasteiger partial charge is 0.142 e. The normalized spacial score (nSPS) is 10.9. The summed E-state index contributed by atoms with van der Waals surface area (Å²) in [7, 11) is 0. The fourth-order valence-electron chi connectivity index (χ4n) is 1.01. The molecule has 0 atom stereocenters. The maximum Gasteiger partial charge on any atom is 0.142 e. The van der Waals surface area contributed by atoms with Crippen molar-refractivity contribution in [3.63, 3.8) is 0 Å². The summed E-state index contributed by atoms with van der Waals surface area (Å²) in [6.45, 7) is 0. The molecule has 0 fully saturated rings. The van der Waals surface area contributed by atoms with Crippen LogP contribution in [0.2, 0.25) is 10.2 Å². The van der Waals surface area contributed by atoms with Gasteiger partial charge in [0.25, 0.3) is 0 Å². The van der Waals surface area contributed by atoms with E-state index in [0.717, 1.165) is 0 Å². The lowest BCUT2D eigenvalue weighted by molar-refractivity contribution is 0.630. The fraction of sp³-hybridized carbons (Fsp3) is 0. The van der Waals surface area contributed by atoms with E-state index in [1.54, 1.807) is 0 Å². The van der Waals surface area contributed by atoms with Crippen LogP contribution in [0.5, 0.6) is 0 Å². The van der Waals surface area contributed by atoms with E-state index in [0.29, 0.717) is 10.9 Å². The zero-order valence-electron chi connectivity index (χ0n) is 5.74. The lowest BCUT2D eigenvalue weighted by Gasteiger charge is -1.93. The average Bonchev–Trinajstić information content (AvgIpc) is 2.41. The molecule has 1 N–H and O–H groups in total.